The van der Waals surface area contributed by atoms with Crippen LogP contribution in [0.15, 0.2) is 64.5 Å². The summed E-state index contributed by atoms with van der Waals surface area (Å²) >= 11 is 0. The van der Waals surface area contributed by atoms with Crippen LogP contribution < -0.4 is 5.56 Å². The molecule has 4 rings (SSSR count). The lowest BCUT2D eigenvalue weighted by Gasteiger charge is -2.15. The van der Waals surface area contributed by atoms with E-state index in [2.05, 4.69) is 63.2 Å². The average molecular weight is 385 g/mol. The fraction of sp³-hybridized carbons (Fsp3) is 0.308. The Balaban J connectivity index is 1.98. The molecule has 1 aliphatic rings. The van der Waals surface area contributed by atoms with Crippen molar-refractivity contribution in [2.75, 3.05) is 0 Å². The van der Waals surface area contributed by atoms with Crippen molar-refractivity contribution in [1.82, 2.24) is 4.57 Å². The number of fused-ring (bicyclic) bond motifs is 3. The molecule has 0 saturated carbocycles. The number of hydrogen-bond donors (Lipinski definition) is 0. The lowest BCUT2D eigenvalue weighted by Crippen LogP contribution is -2.17. The number of aliphatic imine (C=N–C) groups is 1. The Bertz CT molecular complexity index is 1140. The number of rotatable bonds is 4. The van der Waals surface area contributed by atoms with Crippen LogP contribution in [-0.4, -0.2) is 10.3 Å². The Hall–Kier alpha value is -2.94. The first-order chi connectivity index (χ1) is 14.0. The van der Waals surface area contributed by atoms with Gasteiger partial charge < -0.3 is 4.57 Å². The van der Waals surface area contributed by atoms with Gasteiger partial charge >= 0.3 is 0 Å². The van der Waals surface area contributed by atoms with Crippen molar-refractivity contribution in [3.8, 4) is 11.1 Å². The third-order valence-electron chi connectivity index (χ3n) is 5.81. The van der Waals surface area contributed by atoms with Crippen LogP contribution in [0, 0.1) is 6.92 Å². The smallest absolute Gasteiger partial charge is 0.250 e. The summed E-state index contributed by atoms with van der Waals surface area (Å²) in [6.45, 7) is 6.40. The Kier molecular flexibility index (Phi) is 5.23. The predicted molar refractivity (Wildman–Crippen MR) is 121 cm³/mol. The largest absolute Gasteiger partial charge is 0.318 e. The summed E-state index contributed by atoms with van der Waals surface area (Å²) < 4.78 is 1.67. The minimum atomic E-state index is -0.0818. The molecular formula is C26H28N2O. The average Bonchev–Trinajstić information content (AvgIpc) is 2.83. The zero-order valence-corrected chi connectivity index (χ0v) is 17.7. The van der Waals surface area contributed by atoms with Crippen molar-refractivity contribution in [3.05, 3.63) is 92.9 Å². The van der Waals surface area contributed by atoms with Crippen molar-refractivity contribution < 1.29 is 0 Å². The number of benzene rings is 2. The molecule has 0 radical (unpaired) electrons. The van der Waals surface area contributed by atoms with Crippen molar-refractivity contribution in [2.24, 2.45) is 12.0 Å². The topological polar surface area (TPSA) is 34.4 Å². The molecule has 0 N–H and O–H groups in total. The second-order valence-electron chi connectivity index (χ2n) is 8.09. The monoisotopic (exact) mass is 384 g/mol. The molecule has 1 aliphatic heterocycles. The number of nitrogens with zero attached hydrogens (tertiary/aromatic N) is 2. The van der Waals surface area contributed by atoms with E-state index in [1.807, 2.05) is 13.2 Å². The summed E-state index contributed by atoms with van der Waals surface area (Å²) in [6, 6.07) is 17.0. The zero-order chi connectivity index (χ0) is 20.5. The molecule has 148 valence electrons. The van der Waals surface area contributed by atoms with E-state index in [1.165, 1.54) is 29.5 Å². The molecule has 3 nitrogen and oxygen atoms in total. The molecule has 1 atom stereocenters. The van der Waals surface area contributed by atoms with E-state index in [0.717, 1.165) is 34.4 Å². The van der Waals surface area contributed by atoms with Crippen LogP contribution in [0.3, 0.4) is 0 Å². The maximum atomic E-state index is 12.4. The third kappa shape index (κ3) is 3.69. The van der Waals surface area contributed by atoms with Gasteiger partial charge in [0.2, 0.25) is 0 Å². The van der Waals surface area contributed by atoms with Gasteiger partial charge in [-0.25, -0.2) is 0 Å². The summed E-state index contributed by atoms with van der Waals surface area (Å²) in [5, 5.41) is 0. The Morgan fingerprint density at radius 1 is 1.00 bits per heavy atom. The summed E-state index contributed by atoms with van der Waals surface area (Å²) in [5.74, 6) is 0. The summed E-state index contributed by atoms with van der Waals surface area (Å²) in [4.78, 5) is 17.5. The van der Waals surface area contributed by atoms with Crippen LogP contribution >= 0.6 is 0 Å². The van der Waals surface area contributed by atoms with E-state index in [-0.39, 0.29) is 11.6 Å². The van der Waals surface area contributed by atoms with Crippen molar-refractivity contribution in [1.29, 1.82) is 0 Å². The molecule has 0 spiro atoms. The van der Waals surface area contributed by atoms with E-state index in [0.29, 0.717) is 0 Å². The van der Waals surface area contributed by atoms with Crippen molar-refractivity contribution in [3.63, 3.8) is 0 Å². The molecule has 1 aromatic heterocycles. The maximum absolute atomic E-state index is 12.4. The normalized spacial score (nSPS) is 15.3. The highest BCUT2D eigenvalue weighted by atomic mass is 16.1. The van der Waals surface area contributed by atoms with E-state index in [1.54, 1.807) is 10.6 Å². The fourth-order valence-electron chi connectivity index (χ4n) is 4.05. The quantitative estimate of drug-likeness (QED) is 0.575. The van der Waals surface area contributed by atoms with Gasteiger partial charge in [-0.15, -0.1) is 0 Å². The maximum Gasteiger partial charge on any atom is 0.250 e. The highest BCUT2D eigenvalue weighted by Crippen LogP contribution is 2.37. The number of hydrogen-bond acceptors (Lipinski definition) is 2. The number of unbranched alkanes of at least 4 members (excludes halogenated alkanes) is 1. The molecule has 3 aromatic rings. The Labute approximate surface area is 172 Å². The first kappa shape index (κ1) is 19.4. The van der Waals surface area contributed by atoms with Crippen molar-refractivity contribution in [2.45, 2.75) is 46.1 Å². The van der Waals surface area contributed by atoms with Crippen molar-refractivity contribution >= 4 is 5.71 Å². The van der Waals surface area contributed by atoms with Crippen LogP contribution in [0.4, 0.5) is 0 Å². The van der Waals surface area contributed by atoms with Gasteiger partial charge in [0, 0.05) is 36.0 Å². The van der Waals surface area contributed by atoms with Crippen LogP contribution in [0.2, 0.25) is 0 Å². The standard InChI is InChI=1S/C26H28N2O/c1-5-6-7-19-10-13-21-23(14-19)24-16-28(4)25(29)15-22(24)18(3)27-26(21)20-11-8-17(2)9-12-20/h8-16,18H,5-7H2,1-4H3. The molecule has 3 heteroatoms. The van der Waals surface area contributed by atoms with Gasteiger partial charge in [-0.05, 0) is 43.4 Å². The van der Waals surface area contributed by atoms with Crippen LogP contribution in [-0.2, 0) is 13.5 Å². The van der Waals surface area contributed by atoms with Crippen LogP contribution in [0.5, 0.6) is 0 Å². The number of aryl methyl sites for hydroxylation is 3. The van der Waals surface area contributed by atoms with Gasteiger partial charge in [0.1, 0.15) is 0 Å². The van der Waals surface area contributed by atoms with Gasteiger partial charge in [0.15, 0.2) is 0 Å². The molecule has 0 amide bonds. The van der Waals surface area contributed by atoms with Crippen LogP contribution in [0.1, 0.15) is 60.5 Å². The second-order valence-corrected chi connectivity index (χ2v) is 8.09. The number of aromatic nitrogens is 1. The first-order valence-electron chi connectivity index (χ1n) is 10.5. The molecule has 0 bridgehead atoms. The van der Waals surface area contributed by atoms with Gasteiger partial charge in [-0.1, -0.05) is 61.4 Å². The predicted octanol–water partition coefficient (Wildman–Crippen LogP) is 5.62. The summed E-state index contributed by atoms with van der Waals surface area (Å²) in [5.41, 5.74) is 9.12. The summed E-state index contributed by atoms with van der Waals surface area (Å²) in [7, 11) is 1.82. The third-order valence-corrected chi connectivity index (χ3v) is 5.81. The molecule has 1 unspecified atom stereocenters. The molecule has 2 aromatic carbocycles. The van der Waals surface area contributed by atoms with E-state index in [9.17, 15) is 4.79 Å². The minimum Gasteiger partial charge on any atom is -0.318 e. The SMILES string of the molecule is CCCCc1ccc2c(c1)-c1cn(C)c(=O)cc1C(C)N=C2c1ccc(C)cc1. The molecule has 29 heavy (non-hydrogen) atoms. The number of pyridine rings is 1. The molecule has 0 saturated heterocycles. The lowest BCUT2D eigenvalue weighted by molar-refractivity contribution is 0.793. The van der Waals surface area contributed by atoms with Crippen LogP contribution in [0.25, 0.3) is 11.1 Å². The summed E-state index contributed by atoms with van der Waals surface area (Å²) in [6.07, 6.45) is 5.39. The molecular weight excluding hydrogens is 356 g/mol. The van der Waals surface area contributed by atoms with Gasteiger partial charge in [0.05, 0.1) is 11.8 Å². The van der Waals surface area contributed by atoms with Gasteiger partial charge in [-0.2, -0.15) is 0 Å². The zero-order valence-electron chi connectivity index (χ0n) is 17.7. The minimum absolute atomic E-state index is 0.00766. The fourth-order valence-corrected chi connectivity index (χ4v) is 4.05. The molecule has 0 aliphatic carbocycles. The van der Waals surface area contributed by atoms with E-state index < -0.39 is 0 Å². The second kappa shape index (κ2) is 7.82. The highest BCUT2D eigenvalue weighted by molar-refractivity contribution is 6.17. The Morgan fingerprint density at radius 2 is 1.76 bits per heavy atom. The Morgan fingerprint density at radius 3 is 2.48 bits per heavy atom. The highest BCUT2D eigenvalue weighted by Gasteiger charge is 2.24. The first-order valence-corrected chi connectivity index (χ1v) is 10.5. The molecule has 0 fully saturated rings. The van der Waals surface area contributed by atoms with E-state index >= 15 is 0 Å². The van der Waals surface area contributed by atoms with Gasteiger partial charge in [-0.3, -0.25) is 9.79 Å². The van der Waals surface area contributed by atoms with E-state index in [4.69, 9.17) is 4.99 Å². The lowest BCUT2D eigenvalue weighted by atomic mass is 9.90. The van der Waals surface area contributed by atoms with Gasteiger partial charge in [0.25, 0.3) is 5.56 Å². The molecule has 2 heterocycles.